The van der Waals surface area contributed by atoms with Crippen molar-refractivity contribution in [2.24, 2.45) is 0 Å². The first kappa shape index (κ1) is 8.17. The summed E-state index contributed by atoms with van der Waals surface area (Å²) in [5.74, 6) is 0.467. The van der Waals surface area contributed by atoms with Gasteiger partial charge in [-0.1, -0.05) is 19.9 Å². The summed E-state index contributed by atoms with van der Waals surface area (Å²) in [6.45, 7) is 4.29. The number of rotatable bonds is 1. The monoisotopic (exact) mass is 175 g/mol. The van der Waals surface area contributed by atoms with Crippen LogP contribution in [-0.4, -0.2) is 0 Å². The number of benzene rings is 1. The lowest BCUT2D eigenvalue weighted by Crippen LogP contribution is -1.91. The maximum atomic E-state index is 5.81. The Bertz CT molecular complexity index is 429. The Kier molecular flexibility index (Phi) is 1.76. The van der Waals surface area contributed by atoms with E-state index in [4.69, 9.17) is 10.2 Å². The second-order valence-corrected chi connectivity index (χ2v) is 3.56. The van der Waals surface area contributed by atoms with Gasteiger partial charge in [0.15, 0.2) is 0 Å². The van der Waals surface area contributed by atoms with Crippen molar-refractivity contribution in [2.45, 2.75) is 19.8 Å². The highest BCUT2D eigenvalue weighted by Gasteiger charge is 2.09. The third-order valence-electron chi connectivity index (χ3n) is 2.30. The molecule has 0 saturated carbocycles. The largest absolute Gasteiger partial charge is 0.464 e. The van der Waals surface area contributed by atoms with E-state index in [0.717, 1.165) is 16.7 Å². The van der Waals surface area contributed by atoms with Crippen LogP contribution in [0.15, 0.2) is 28.9 Å². The summed E-state index contributed by atoms with van der Waals surface area (Å²) in [4.78, 5) is 0. The van der Waals surface area contributed by atoms with Gasteiger partial charge < -0.3 is 10.2 Å². The van der Waals surface area contributed by atoms with Crippen LogP contribution < -0.4 is 5.73 Å². The zero-order valence-corrected chi connectivity index (χ0v) is 7.87. The summed E-state index contributed by atoms with van der Waals surface area (Å²) in [5, 5.41) is 1.02. The predicted octanol–water partition coefficient (Wildman–Crippen LogP) is 3.14. The van der Waals surface area contributed by atoms with Crippen molar-refractivity contribution in [2.75, 3.05) is 5.73 Å². The van der Waals surface area contributed by atoms with Gasteiger partial charge in [-0.3, -0.25) is 0 Å². The Hall–Kier alpha value is -1.44. The predicted molar refractivity (Wildman–Crippen MR) is 54.7 cm³/mol. The lowest BCUT2D eigenvalue weighted by atomic mass is 10.0. The van der Waals surface area contributed by atoms with Crippen LogP contribution in [0.2, 0.25) is 0 Å². The van der Waals surface area contributed by atoms with Gasteiger partial charge >= 0.3 is 0 Å². The fourth-order valence-electron chi connectivity index (χ4n) is 1.56. The Morgan fingerprint density at radius 1 is 1.23 bits per heavy atom. The molecule has 0 radical (unpaired) electrons. The maximum absolute atomic E-state index is 5.81. The van der Waals surface area contributed by atoms with Crippen LogP contribution >= 0.6 is 0 Å². The second kappa shape index (κ2) is 2.80. The summed E-state index contributed by atoms with van der Waals surface area (Å²) >= 11 is 0. The van der Waals surface area contributed by atoms with Crippen molar-refractivity contribution in [3.63, 3.8) is 0 Å². The van der Waals surface area contributed by atoms with Crippen LogP contribution in [0, 0.1) is 0 Å². The van der Waals surface area contributed by atoms with E-state index in [0.29, 0.717) is 5.92 Å². The molecule has 13 heavy (non-hydrogen) atoms. The van der Waals surface area contributed by atoms with E-state index in [1.807, 2.05) is 18.2 Å². The molecule has 2 nitrogen and oxygen atoms in total. The van der Waals surface area contributed by atoms with E-state index in [9.17, 15) is 0 Å². The second-order valence-electron chi connectivity index (χ2n) is 3.56. The number of nitrogens with two attached hydrogens (primary N) is 1. The van der Waals surface area contributed by atoms with Crippen molar-refractivity contribution >= 4 is 16.7 Å². The fourth-order valence-corrected chi connectivity index (χ4v) is 1.56. The van der Waals surface area contributed by atoms with Crippen molar-refractivity contribution in [1.82, 2.24) is 0 Å². The zero-order chi connectivity index (χ0) is 9.42. The molecule has 2 rings (SSSR count). The highest BCUT2D eigenvalue weighted by atomic mass is 16.3. The molecule has 0 aliphatic rings. The minimum atomic E-state index is 0.467. The number of anilines is 1. The molecule has 0 bridgehead atoms. The van der Waals surface area contributed by atoms with Gasteiger partial charge in [0.2, 0.25) is 0 Å². The van der Waals surface area contributed by atoms with Gasteiger partial charge in [-0.05, 0) is 23.6 Å². The molecule has 2 N–H and O–H groups in total. The van der Waals surface area contributed by atoms with E-state index in [1.54, 1.807) is 6.26 Å². The minimum Gasteiger partial charge on any atom is -0.464 e. The molecule has 0 atom stereocenters. The Labute approximate surface area is 77.3 Å². The van der Waals surface area contributed by atoms with Crippen molar-refractivity contribution < 1.29 is 4.42 Å². The zero-order valence-electron chi connectivity index (χ0n) is 7.87. The van der Waals surface area contributed by atoms with E-state index >= 15 is 0 Å². The molecule has 0 fully saturated rings. The summed E-state index contributed by atoms with van der Waals surface area (Å²) in [7, 11) is 0. The Morgan fingerprint density at radius 3 is 2.69 bits per heavy atom. The Morgan fingerprint density at radius 2 is 2.00 bits per heavy atom. The van der Waals surface area contributed by atoms with E-state index in [1.165, 1.54) is 5.56 Å². The molecule has 1 aromatic carbocycles. The normalized spacial score (nSPS) is 11.3. The van der Waals surface area contributed by atoms with Gasteiger partial charge in [0.1, 0.15) is 5.58 Å². The Balaban J connectivity index is 2.78. The standard InChI is InChI=1S/C11H13NO/c1-7(2)8-3-4-10(12)9-5-6-13-11(8)9/h3-7H,12H2,1-2H3. The first-order valence-corrected chi connectivity index (χ1v) is 4.45. The molecule has 0 spiro atoms. The lowest BCUT2D eigenvalue weighted by Gasteiger charge is -2.06. The first-order valence-electron chi connectivity index (χ1n) is 4.45. The fraction of sp³-hybridized carbons (Fsp3) is 0.273. The summed E-state index contributed by atoms with van der Waals surface area (Å²) in [5.41, 5.74) is 8.74. The molecular formula is C11H13NO. The molecule has 1 heterocycles. The van der Waals surface area contributed by atoms with Gasteiger partial charge in [0.25, 0.3) is 0 Å². The van der Waals surface area contributed by atoms with Crippen LogP contribution in [0.5, 0.6) is 0 Å². The van der Waals surface area contributed by atoms with E-state index in [2.05, 4.69) is 13.8 Å². The van der Waals surface area contributed by atoms with Crippen LogP contribution in [0.1, 0.15) is 25.3 Å². The first-order chi connectivity index (χ1) is 6.20. The van der Waals surface area contributed by atoms with Gasteiger partial charge in [-0.15, -0.1) is 0 Å². The molecule has 1 aromatic heterocycles. The lowest BCUT2D eigenvalue weighted by molar-refractivity contribution is 0.607. The molecule has 0 unspecified atom stereocenters. The van der Waals surface area contributed by atoms with Crippen LogP contribution in [0.25, 0.3) is 11.0 Å². The summed E-state index contributed by atoms with van der Waals surface area (Å²) in [6, 6.07) is 5.88. The summed E-state index contributed by atoms with van der Waals surface area (Å²) < 4.78 is 5.41. The number of hydrogen-bond acceptors (Lipinski definition) is 2. The van der Waals surface area contributed by atoms with E-state index in [-0.39, 0.29) is 0 Å². The summed E-state index contributed by atoms with van der Waals surface area (Å²) in [6.07, 6.45) is 1.69. The van der Waals surface area contributed by atoms with Gasteiger partial charge in [-0.25, -0.2) is 0 Å². The van der Waals surface area contributed by atoms with E-state index < -0.39 is 0 Å². The third-order valence-corrected chi connectivity index (χ3v) is 2.30. The van der Waals surface area contributed by atoms with Crippen LogP contribution in [-0.2, 0) is 0 Å². The number of furan rings is 1. The number of fused-ring (bicyclic) bond motifs is 1. The minimum absolute atomic E-state index is 0.467. The molecular weight excluding hydrogens is 162 g/mol. The van der Waals surface area contributed by atoms with Gasteiger partial charge in [0.05, 0.1) is 6.26 Å². The highest BCUT2D eigenvalue weighted by molar-refractivity contribution is 5.91. The smallest absolute Gasteiger partial charge is 0.139 e. The SMILES string of the molecule is CC(C)c1ccc(N)c2ccoc12. The molecule has 2 heteroatoms. The molecule has 0 aliphatic heterocycles. The molecule has 0 saturated heterocycles. The third kappa shape index (κ3) is 1.18. The van der Waals surface area contributed by atoms with Crippen molar-refractivity contribution in [1.29, 1.82) is 0 Å². The average molecular weight is 175 g/mol. The van der Waals surface area contributed by atoms with Gasteiger partial charge in [0, 0.05) is 11.1 Å². The van der Waals surface area contributed by atoms with Crippen molar-refractivity contribution in [3.05, 3.63) is 30.0 Å². The van der Waals surface area contributed by atoms with Gasteiger partial charge in [-0.2, -0.15) is 0 Å². The van der Waals surface area contributed by atoms with Crippen molar-refractivity contribution in [3.8, 4) is 0 Å². The van der Waals surface area contributed by atoms with Crippen LogP contribution in [0.3, 0.4) is 0 Å². The average Bonchev–Trinajstić information content (AvgIpc) is 2.53. The van der Waals surface area contributed by atoms with Crippen LogP contribution in [0.4, 0.5) is 5.69 Å². The quantitative estimate of drug-likeness (QED) is 0.676. The highest BCUT2D eigenvalue weighted by Crippen LogP contribution is 2.29. The number of hydrogen-bond donors (Lipinski definition) is 1. The molecule has 68 valence electrons. The molecule has 0 amide bonds. The molecule has 0 aliphatic carbocycles. The maximum Gasteiger partial charge on any atom is 0.139 e. The molecule has 2 aromatic rings. The number of nitrogen functional groups attached to an aromatic ring is 1. The topological polar surface area (TPSA) is 39.2 Å².